The van der Waals surface area contributed by atoms with Crippen molar-refractivity contribution in [1.82, 2.24) is 4.90 Å². The largest absolute Gasteiger partial charge is 0.493 e. The molecule has 2 aromatic rings. The molecule has 2 atom stereocenters. The lowest BCUT2D eigenvalue weighted by Crippen LogP contribution is -2.31. The number of benzene rings is 2. The van der Waals surface area contributed by atoms with Gasteiger partial charge in [-0.25, -0.2) is 0 Å². The van der Waals surface area contributed by atoms with Crippen LogP contribution < -0.4 is 14.8 Å². The van der Waals surface area contributed by atoms with Crippen LogP contribution in [-0.2, 0) is 6.42 Å². The third kappa shape index (κ3) is 4.43. The Morgan fingerprint density at radius 3 is 2.72 bits per heavy atom. The molecular weight excluding hydrogens is 360 g/mol. The van der Waals surface area contributed by atoms with Gasteiger partial charge in [-0.3, -0.25) is 0 Å². The van der Waals surface area contributed by atoms with Crippen LogP contribution >= 0.6 is 0 Å². The highest BCUT2D eigenvalue weighted by molar-refractivity contribution is 5.67. The summed E-state index contributed by atoms with van der Waals surface area (Å²) in [5.41, 5.74) is 5.36. The van der Waals surface area contributed by atoms with Gasteiger partial charge in [-0.15, -0.1) is 0 Å². The monoisotopic (exact) mass is 392 g/mol. The van der Waals surface area contributed by atoms with Crippen LogP contribution in [0.25, 0.3) is 6.08 Å². The number of ether oxygens (including phenoxy) is 2. The predicted molar refractivity (Wildman–Crippen MR) is 120 cm³/mol. The first kappa shape index (κ1) is 19.8. The molecule has 1 N–H and O–H groups in total. The van der Waals surface area contributed by atoms with Gasteiger partial charge in [-0.1, -0.05) is 30.4 Å². The molecule has 0 bridgehead atoms. The predicted octanol–water partition coefficient (Wildman–Crippen LogP) is 4.81. The second-order valence-electron chi connectivity index (χ2n) is 8.30. The van der Waals surface area contributed by atoms with Crippen LogP contribution in [0.5, 0.6) is 11.5 Å². The molecule has 1 aliphatic carbocycles. The quantitative estimate of drug-likeness (QED) is 0.699. The number of nitrogens with one attached hydrogen (secondary N) is 1. The molecule has 4 rings (SSSR count). The molecule has 0 saturated heterocycles. The van der Waals surface area contributed by atoms with Crippen molar-refractivity contribution < 1.29 is 9.47 Å². The normalized spacial score (nSPS) is 19.6. The van der Waals surface area contributed by atoms with Crippen LogP contribution in [0.1, 0.15) is 35.4 Å². The van der Waals surface area contributed by atoms with Crippen LogP contribution in [-0.4, -0.2) is 45.8 Å². The number of para-hydroxylation sites is 1. The standard InChI is InChI=1S/C25H32N2O2/c1-27(17-21-13-20-14-24(28-2)25(29-3)15-22(20)21)12-6-7-18-10-11-19-8-4-5-9-23(19)26-16-18/h4-5,8-11,14-15,18,21,26H,6-7,12-13,16-17H2,1-3H3/t18?,21-/m0/s1. The maximum atomic E-state index is 5.47. The maximum Gasteiger partial charge on any atom is 0.161 e. The summed E-state index contributed by atoms with van der Waals surface area (Å²) < 4.78 is 10.9. The first-order valence-corrected chi connectivity index (χ1v) is 10.6. The van der Waals surface area contributed by atoms with E-state index in [1.807, 2.05) is 0 Å². The van der Waals surface area contributed by atoms with Crippen molar-refractivity contribution in [2.24, 2.45) is 5.92 Å². The number of anilines is 1. The Balaban J connectivity index is 1.24. The summed E-state index contributed by atoms with van der Waals surface area (Å²) in [4.78, 5) is 2.48. The average molecular weight is 393 g/mol. The summed E-state index contributed by atoms with van der Waals surface area (Å²) in [6.45, 7) is 3.26. The van der Waals surface area contributed by atoms with E-state index in [-0.39, 0.29) is 0 Å². The fourth-order valence-electron chi connectivity index (χ4n) is 4.54. The summed E-state index contributed by atoms with van der Waals surface area (Å²) in [6.07, 6.45) is 8.22. The summed E-state index contributed by atoms with van der Waals surface area (Å²) in [6, 6.07) is 12.8. The highest BCUT2D eigenvalue weighted by Crippen LogP contribution is 2.42. The zero-order valence-electron chi connectivity index (χ0n) is 17.8. The zero-order valence-corrected chi connectivity index (χ0v) is 17.8. The molecule has 0 radical (unpaired) electrons. The van der Waals surface area contributed by atoms with Crippen LogP contribution in [0.2, 0.25) is 0 Å². The van der Waals surface area contributed by atoms with Crippen LogP contribution in [0, 0.1) is 5.92 Å². The van der Waals surface area contributed by atoms with Crippen molar-refractivity contribution in [1.29, 1.82) is 0 Å². The molecule has 29 heavy (non-hydrogen) atoms. The molecule has 4 heteroatoms. The third-order valence-corrected chi connectivity index (χ3v) is 6.26. The number of methoxy groups -OCH3 is 2. The molecule has 1 heterocycles. The fourth-order valence-corrected chi connectivity index (χ4v) is 4.54. The van der Waals surface area contributed by atoms with Gasteiger partial charge >= 0.3 is 0 Å². The molecule has 2 aliphatic rings. The molecule has 0 saturated carbocycles. The van der Waals surface area contributed by atoms with Gasteiger partial charge in [0, 0.05) is 24.7 Å². The van der Waals surface area contributed by atoms with Gasteiger partial charge in [0.15, 0.2) is 11.5 Å². The molecule has 0 spiro atoms. The van der Waals surface area contributed by atoms with E-state index in [2.05, 4.69) is 65.8 Å². The SMILES string of the molecule is COc1cc2c(cc1OC)[C@H](CN(C)CCCC1C=Cc3ccccc3NC1)C2. The smallest absolute Gasteiger partial charge is 0.161 e. The molecule has 1 aliphatic heterocycles. The van der Waals surface area contributed by atoms with E-state index in [1.165, 1.54) is 35.2 Å². The summed E-state index contributed by atoms with van der Waals surface area (Å²) in [7, 11) is 5.65. The lowest BCUT2D eigenvalue weighted by Gasteiger charge is -2.34. The minimum absolute atomic E-state index is 0.594. The molecule has 2 aromatic carbocycles. The molecule has 4 nitrogen and oxygen atoms in total. The van der Waals surface area contributed by atoms with Gasteiger partial charge in [0.1, 0.15) is 0 Å². The Labute approximate surface area is 174 Å². The highest BCUT2D eigenvalue weighted by atomic mass is 16.5. The molecular formula is C25H32N2O2. The second-order valence-corrected chi connectivity index (χ2v) is 8.30. The molecule has 0 aromatic heterocycles. The summed E-state index contributed by atoms with van der Waals surface area (Å²) in [5, 5.41) is 3.60. The molecule has 0 amide bonds. The Hall–Kier alpha value is -2.46. The van der Waals surface area contributed by atoms with Crippen molar-refractivity contribution in [3.05, 3.63) is 59.2 Å². The molecule has 0 fully saturated rings. The van der Waals surface area contributed by atoms with E-state index in [4.69, 9.17) is 9.47 Å². The number of likely N-dealkylation sites (N-methyl/N-ethyl adjacent to an activating group) is 1. The Kier molecular flexibility index (Phi) is 6.10. The Morgan fingerprint density at radius 2 is 1.90 bits per heavy atom. The van der Waals surface area contributed by atoms with Gasteiger partial charge in [-0.05, 0) is 73.7 Å². The van der Waals surface area contributed by atoms with E-state index >= 15 is 0 Å². The number of hydrogen-bond acceptors (Lipinski definition) is 4. The second kappa shape index (κ2) is 8.91. The number of rotatable bonds is 8. The van der Waals surface area contributed by atoms with E-state index in [9.17, 15) is 0 Å². The lowest BCUT2D eigenvalue weighted by atomic mass is 9.77. The van der Waals surface area contributed by atoms with Gasteiger partial charge < -0.3 is 19.7 Å². The van der Waals surface area contributed by atoms with Gasteiger partial charge in [0.25, 0.3) is 0 Å². The minimum Gasteiger partial charge on any atom is -0.493 e. The van der Waals surface area contributed by atoms with Crippen LogP contribution in [0.3, 0.4) is 0 Å². The van der Waals surface area contributed by atoms with Crippen molar-refractivity contribution in [2.75, 3.05) is 46.2 Å². The van der Waals surface area contributed by atoms with E-state index < -0.39 is 0 Å². The fraction of sp³-hybridized carbons (Fsp3) is 0.440. The van der Waals surface area contributed by atoms with Gasteiger partial charge in [0.2, 0.25) is 0 Å². The van der Waals surface area contributed by atoms with Crippen LogP contribution in [0.15, 0.2) is 42.5 Å². The molecule has 1 unspecified atom stereocenters. The van der Waals surface area contributed by atoms with E-state index in [1.54, 1.807) is 14.2 Å². The average Bonchev–Trinajstić information content (AvgIpc) is 2.94. The van der Waals surface area contributed by atoms with Crippen molar-refractivity contribution >= 4 is 11.8 Å². The first-order valence-electron chi connectivity index (χ1n) is 10.6. The minimum atomic E-state index is 0.594. The summed E-state index contributed by atoms with van der Waals surface area (Å²) in [5.74, 6) is 2.87. The zero-order chi connectivity index (χ0) is 20.2. The number of hydrogen-bond donors (Lipinski definition) is 1. The van der Waals surface area contributed by atoms with E-state index in [0.29, 0.717) is 11.8 Å². The molecule has 154 valence electrons. The van der Waals surface area contributed by atoms with Crippen molar-refractivity contribution in [2.45, 2.75) is 25.2 Å². The number of fused-ring (bicyclic) bond motifs is 2. The van der Waals surface area contributed by atoms with E-state index in [0.717, 1.165) is 37.6 Å². The Morgan fingerprint density at radius 1 is 1.10 bits per heavy atom. The Bertz CT molecular complexity index is 877. The topological polar surface area (TPSA) is 33.7 Å². The van der Waals surface area contributed by atoms with Crippen LogP contribution in [0.4, 0.5) is 5.69 Å². The number of nitrogens with zero attached hydrogens (tertiary/aromatic N) is 1. The van der Waals surface area contributed by atoms with Crippen molar-refractivity contribution in [3.8, 4) is 11.5 Å². The third-order valence-electron chi connectivity index (χ3n) is 6.26. The maximum absolute atomic E-state index is 5.47. The summed E-state index contributed by atoms with van der Waals surface area (Å²) >= 11 is 0. The van der Waals surface area contributed by atoms with Gasteiger partial charge in [0.05, 0.1) is 14.2 Å². The van der Waals surface area contributed by atoms with Crippen molar-refractivity contribution in [3.63, 3.8) is 0 Å². The van der Waals surface area contributed by atoms with Gasteiger partial charge in [-0.2, -0.15) is 0 Å². The first-order chi connectivity index (χ1) is 14.2. The lowest BCUT2D eigenvalue weighted by molar-refractivity contribution is 0.287. The highest BCUT2D eigenvalue weighted by Gasteiger charge is 2.29.